The number of hydrogen-bond donors (Lipinski definition) is 0. The number of rotatable bonds is 34. The van der Waals surface area contributed by atoms with Crippen molar-refractivity contribution >= 4 is 0 Å². The summed E-state index contributed by atoms with van der Waals surface area (Å²) in [6.45, 7) is 9.34. The summed E-state index contributed by atoms with van der Waals surface area (Å²) in [6, 6.07) is 0. The molecule has 1 aromatic rings. The first-order valence-corrected chi connectivity index (χ1v) is 19.8. The molecule has 256 valence electrons. The Labute approximate surface area is 289 Å². The molecule has 1 heterocycles. The lowest BCUT2D eigenvalue weighted by atomic mass is 10.0. The fourth-order valence-corrected chi connectivity index (χ4v) is 6.67. The van der Waals surface area contributed by atoms with Crippen LogP contribution in [0.5, 0.6) is 0 Å². The molecule has 2 nitrogen and oxygen atoms in total. The van der Waals surface area contributed by atoms with Gasteiger partial charge in [-0.1, -0.05) is 194 Å². The molecule has 43 heavy (non-hydrogen) atoms. The van der Waals surface area contributed by atoms with Gasteiger partial charge in [-0.3, -0.25) is 0 Å². The fourth-order valence-electron chi connectivity index (χ4n) is 6.67. The molecule has 0 atom stereocenters. The Hall–Kier alpha value is -0.0600. The summed E-state index contributed by atoms with van der Waals surface area (Å²) in [4.78, 5) is 0. The van der Waals surface area contributed by atoms with Gasteiger partial charge < -0.3 is 24.0 Å². The maximum Gasteiger partial charge on any atom is 0.253 e. The van der Waals surface area contributed by atoms with Crippen molar-refractivity contribution in [3.63, 3.8) is 0 Å². The minimum atomic E-state index is 0. The highest BCUT2D eigenvalue weighted by Crippen LogP contribution is 2.15. The Bertz CT molecular complexity index is 601. The molecule has 0 N–H and O–H groups in total. The van der Waals surface area contributed by atoms with Crippen LogP contribution in [-0.2, 0) is 13.1 Å². The molecular weight excluding hydrogens is 635 g/mol. The predicted octanol–water partition coefficient (Wildman–Crippen LogP) is 10.6. The van der Waals surface area contributed by atoms with Crippen LogP contribution in [0.1, 0.15) is 225 Å². The van der Waals surface area contributed by atoms with Crippen LogP contribution in [0.3, 0.4) is 0 Å². The molecule has 0 aliphatic rings. The van der Waals surface area contributed by atoms with Crippen molar-refractivity contribution in [2.24, 2.45) is 0 Å². The van der Waals surface area contributed by atoms with E-state index in [1.807, 2.05) is 0 Å². The van der Waals surface area contributed by atoms with Crippen molar-refractivity contribution in [1.82, 2.24) is 4.57 Å². The minimum absolute atomic E-state index is 0. The van der Waals surface area contributed by atoms with E-state index in [1.165, 1.54) is 224 Å². The molecule has 0 fully saturated rings. The Morgan fingerprint density at radius 3 is 1.02 bits per heavy atom. The number of halogens is 1. The molecule has 0 saturated heterocycles. The first-order valence-electron chi connectivity index (χ1n) is 19.8. The van der Waals surface area contributed by atoms with Gasteiger partial charge in [-0.15, -0.1) is 0 Å². The van der Waals surface area contributed by atoms with E-state index in [4.69, 9.17) is 0 Å². The quantitative estimate of drug-likeness (QED) is 0.0382. The third-order valence-corrected chi connectivity index (χ3v) is 9.76. The molecular formula is C40H79IN2. The van der Waals surface area contributed by atoms with Gasteiger partial charge in [-0.2, -0.15) is 0 Å². The zero-order valence-electron chi connectivity index (χ0n) is 30.0. The number of hydrogen-bond acceptors (Lipinski definition) is 0. The molecule has 0 spiro atoms. The number of aryl methyl sites for hydroxylation is 2. The van der Waals surface area contributed by atoms with Gasteiger partial charge in [0.1, 0.15) is 12.4 Å². The predicted molar refractivity (Wildman–Crippen MR) is 188 cm³/mol. The Kier molecular flexibility index (Phi) is 34.8. The second kappa shape index (κ2) is 34.8. The van der Waals surface area contributed by atoms with Crippen LogP contribution < -0.4 is 28.5 Å². The van der Waals surface area contributed by atoms with Crippen molar-refractivity contribution < 1.29 is 28.5 Å². The fraction of sp³-hybridized carbons (Fsp3) is 0.925. The van der Waals surface area contributed by atoms with Gasteiger partial charge in [-0.05, 0) is 25.7 Å². The van der Waals surface area contributed by atoms with Crippen molar-refractivity contribution in [3.05, 3.63) is 18.2 Å². The first kappa shape index (κ1) is 42.9. The molecule has 0 unspecified atom stereocenters. The highest BCUT2D eigenvalue weighted by atomic mass is 127. The summed E-state index contributed by atoms with van der Waals surface area (Å²) < 4.78 is 4.99. The van der Waals surface area contributed by atoms with E-state index in [0.29, 0.717) is 0 Å². The van der Waals surface area contributed by atoms with Gasteiger partial charge in [0.05, 0.1) is 13.1 Å². The second-order valence-electron chi connectivity index (χ2n) is 13.8. The maximum absolute atomic E-state index is 2.50. The molecule has 0 amide bonds. The summed E-state index contributed by atoms with van der Waals surface area (Å²) in [6.07, 6.45) is 50.9. The van der Waals surface area contributed by atoms with E-state index < -0.39 is 0 Å². The highest BCUT2D eigenvalue weighted by Gasteiger charge is 2.11. The SMILES string of the molecule is CCCCCCCCCCCCCCCCCCn1cc[n+](CCCCCCCCCCCCCCCCCC)c1C.[I-]. The minimum Gasteiger partial charge on any atom is -1.00 e. The summed E-state index contributed by atoms with van der Waals surface area (Å²) >= 11 is 0. The molecule has 1 aromatic heterocycles. The van der Waals surface area contributed by atoms with E-state index in [9.17, 15) is 0 Å². The molecule has 0 aliphatic carbocycles. The monoisotopic (exact) mass is 715 g/mol. The number of nitrogens with zero attached hydrogens (tertiary/aromatic N) is 2. The normalized spacial score (nSPS) is 11.3. The van der Waals surface area contributed by atoms with Crippen LogP contribution in [0, 0.1) is 6.92 Å². The van der Waals surface area contributed by atoms with Crippen molar-refractivity contribution in [2.75, 3.05) is 0 Å². The van der Waals surface area contributed by atoms with Crippen LogP contribution in [0.4, 0.5) is 0 Å². The number of unbranched alkanes of at least 4 members (excludes halogenated alkanes) is 30. The van der Waals surface area contributed by atoms with Gasteiger partial charge in [0.15, 0.2) is 0 Å². The van der Waals surface area contributed by atoms with Crippen LogP contribution in [-0.4, -0.2) is 4.57 Å². The van der Waals surface area contributed by atoms with Crippen molar-refractivity contribution in [3.8, 4) is 0 Å². The maximum atomic E-state index is 2.50. The van der Waals surface area contributed by atoms with E-state index in [0.717, 1.165) is 0 Å². The van der Waals surface area contributed by atoms with E-state index in [-0.39, 0.29) is 24.0 Å². The number of aromatic nitrogens is 2. The molecule has 3 heteroatoms. The Morgan fingerprint density at radius 1 is 0.419 bits per heavy atom. The summed E-state index contributed by atoms with van der Waals surface area (Å²) in [7, 11) is 0. The van der Waals surface area contributed by atoms with Crippen LogP contribution in [0.15, 0.2) is 12.4 Å². The molecule has 0 bridgehead atoms. The molecule has 1 rings (SSSR count). The smallest absolute Gasteiger partial charge is 0.253 e. The largest absolute Gasteiger partial charge is 1.00 e. The van der Waals surface area contributed by atoms with E-state index in [2.05, 4.69) is 42.3 Å². The Morgan fingerprint density at radius 2 is 0.698 bits per heavy atom. The lowest BCUT2D eigenvalue weighted by Crippen LogP contribution is -3.00. The topological polar surface area (TPSA) is 8.81 Å². The summed E-state index contributed by atoms with van der Waals surface area (Å²) in [5.74, 6) is 1.46. The van der Waals surface area contributed by atoms with E-state index >= 15 is 0 Å². The average Bonchev–Trinajstić information content (AvgIpc) is 3.35. The van der Waals surface area contributed by atoms with Crippen molar-refractivity contribution in [1.29, 1.82) is 0 Å². The lowest BCUT2D eigenvalue weighted by molar-refractivity contribution is -0.702. The number of imidazole rings is 1. The standard InChI is InChI=1S/C40H79N2.HI/c1-4-6-8-10-12-14-16-18-20-22-24-26-28-30-32-34-36-41-38-39-42(40(41)3)37-35-33-31-29-27-25-23-21-19-17-15-13-11-9-7-5-2;/h38-39H,4-37H2,1-3H3;1H/q+1;/p-1. The summed E-state index contributed by atoms with van der Waals surface area (Å²) in [5, 5.41) is 0. The zero-order valence-corrected chi connectivity index (χ0v) is 32.1. The van der Waals surface area contributed by atoms with Gasteiger partial charge >= 0.3 is 0 Å². The van der Waals surface area contributed by atoms with Gasteiger partial charge in [0.2, 0.25) is 0 Å². The van der Waals surface area contributed by atoms with Gasteiger partial charge in [0, 0.05) is 6.92 Å². The summed E-state index contributed by atoms with van der Waals surface area (Å²) in [5.41, 5.74) is 0. The zero-order chi connectivity index (χ0) is 30.2. The average molecular weight is 715 g/mol. The van der Waals surface area contributed by atoms with Crippen LogP contribution >= 0.6 is 0 Å². The van der Waals surface area contributed by atoms with Crippen molar-refractivity contribution in [2.45, 2.75) is 239 Å². The van der Waals surface area contributed by atoms with Gasteiger partial charge in [-0.25, -0.2) is 9.13 Å². The van der Waals surface area contributed by atoms with Crippen LogP contribution in [0.25, 0.3) is 0 Å². The first-order chi connectivity index (χ1) is 20.8. The highest BCUT2D eigenvalue weighted by molar-refractivity contribution is 4.79. The third-order valence-electron chi connectivity index (χ3n) is 9.76. The molecule has 0 saturated carbocycles. The van der Waals surface area contributed by atoms with Crippen LogP contribution in [0.2, 0.25) is 0 Å². The van der Waals surface area contributed by atoms with Gasteiger partial charge in [0.25, 0.3) is 5.82 Å². The molecule has 0 radical (unpaired) electrons. The van der Waals surface area contributed by atoms with E-state index in [1.54, 1.807) is 0 Å². The Balaban J connectivity index is 0.0000176. The third kappa shape index (κ3) is 27.9. The lowest BCUT2D eigenvalue weighted by Gasteiger charge is -2.04. The molecule has 0 aliphatic heterocycles. The second-order valence-corrected chi connectivity index (χ2v) is 13.8. The molecule has 0 aromatic carbocycles.